The van der Waals surface area contributed by atoms with Gasteiger partial charge in [0, 0.05) is 12.4 Å². The predicted octanol–water partition coefficient (Wildman–Crippen LogP) is 0.448. The number of nitrogens with two attached hydrogens (primary N) is 1. The van der Waals surface area contributed by atoms with Gasteiger partial charge in [0.2, 0.25) is 0 Å². The van der Waals surface area contributed by atoms with E-state index in [0.717, 1.165) is 4.68 Å². The number of anilines is 1. The van der Waals surface area contributed by atoms with E-state index in [-0.39, 0.29) is 0 Å². The van der Waals surface area contributed by atoms with Gasteiger partial charge in [-0.15, -0.1) is 0 Å². The second-order valence-electron chi connectivity index (χ2n) is 2.76. The third-order valence-electron chi connectivity index (χ3n) is 1.71. The molecule has 7 heteroatoms. The van der Waals surface area contributed by atoms with Crippen molar-refractivity contribution in [3.8, 4) is 11.4 Å². The molecule has 3 N–H and O–H groups in total. The molecule has 2 heterocycles. The predicted molar refractivity (Wildman–Crippen MR) is 51.1 cm³/mol. The zero-order valence-corrected chi connectivity index (χ0v) is 7.53. The fourth-order valence-electron chi connectivity index (χ4n) is 1.05. The van der Waals surface area contributed by atoms with E-state index in [4.69, 9.17) is 10.8 Å². The van der Waals surface area contributed by atoms with Gasteiger partial charge in [0.15, 0.2) is 5.82 Å². The summed E-state index contributed by atoms with van der Waals surface area (Å²) in [5.74, 6) is 0.672. The second-order valence-corrected chi connectivity index (χ2v) is 2.76. The van der Waals surface area contributed by atoms with Crippen LogP contribution in [-0.4, -0.2) is 30.9 Å². The molecular weight excluding hydrogens is 198 g/mol. The molecule has 0 radical (unpaired) electrons. The second kappa shape index (κ2) is 3.37. The molecule has 0 aliphatic carbocycles. The number of aromatic nitrogens is 4. The smallest absolute Gasteiger partial charge is 0.432 e. The summed E-state index contributed by atoms with van der Waals surface area (Å²) in [4.78, 5) is 18.4. The molecule has 0 unspecified atom stereocenters. The Morgan fingerprint density at radius 3 is 2.93 bits per heavy atom. The van der Waals surface area contributed by atoms with Gasteiger partial charge in [0.25, 0.3) is 0 Å². The SMILES string of the molecule is Nc1ccnc(-c2cnn(C(=O)O)c2)n1. The van der Waals surface area contributed by atoms with Crippen molar-refractivity contribution in [2.75, 3.05) is 5.73 Å². The lowest BCUT2D eigenvalue weighted by Gasteiger charge is -1.95. The zero-order valence-electron chi connectivity index (χ0n) is 7.53. The summed E-state index contributed by atoms with van der Waals surface area (Å²) >= 11 is 0. The van der Waals surface area contributed by atoms with Crippen LogP contribution in [0.4, 0.5) is 10.6 Å². The van der Waals surface area contributed by atoms with Gasteiger partial charge in [0.1, 0.15) is 5.82 Å². The van der Waals surface area contributed by atoms with Gasteiger partial charge in [-0.1, -0.05) is 0 Å². The van der Waals surface area contributed by atoms with Crippen LogP contribution in [0, 0.1) is 0 Å². The molecule has 7 nitrogen and oxygen atoms in total. The van der Waals surface area contributed by atoms with E-state index in [2.05, 4.69) is 15.1 Å². The van der Waals surface area contributed by atoms with Crippen LogP contribution >= 0.6 is 0 Å². The van der Waals surface area contributed by atoms with E-state index in [1.165, 1.54) is 18.6 Å². The molecule has 0 aliphatic rings. The summed E-state index contributed by atoms with van der Waals surface area (Å²) in [6.07, 6.45) is 3.01. The van der Waals surface area contributed by atoms with Gasteiger partial charge in [-0.3, -0.25) is 0 Å². The first-order chi connectivity index (χ1) is 7.16. The van der Waals surface area contributed by atoms with Crippen LogP contribution < -0.4 is 5.73 Å². The minimum Gasteiger partial charge on any atom is -0.463 e. The lowest BCUT2D eigenvalue weighted by atomic mass is 10.3. The molecule has 15 heavy (non-hydrogen) atoms. The van der Waals surface area contributed by atoms with Gasteiger partial charge < -0.3 is 10.8 Å². The highest BCUT2D eigenvalue weighted by Crippen LogP contribution is 2.13. The van der Waals surface area contributed by atoms with E-state index >= 15 is 0 Å². The Morgan fingerprint density at radius 2 is 2.33 bits per heavy atom. The fraction of sp³-hybridized carbons (Fsp3) is 0. The van der Waals surface area contributed by atoms with Crippen LogP contribution in [0.2, 0.25) is 0 Å². The maximum atomic E-state index is 10.5. The van der Waals surface area contributed by atoms with Gasteiger partial charge in [-0.05, 0) is 6.07 Å². The van der Waals surface area contributed by atoms with Crippen molar-refractivity contribution in [1.29, 1.82) is 0 Å². The van der Waals surface area contributed by atoms with E-state index in [9.17, 15) is 4.79 Å². The minimum atomic E-state index is -1.16. The van der Waals surface area contributed by atoms with Crippen LogP contribution in [0.25, 0.3) is 11.4 Å². The molecule has 0 fully saturated rings. The Hall–Kier alpha value is -2.44. The first kappa shape index (κ1) is 9.13. The molecule has 0 bridgehead atoms. The Morgan fingerprint density at radius 1 is 1.53 bits per heavy atom. The third-order valence-corrected chi connectivity index (χ3v) is 1.71. The van der Waals surface area contributed by atoms with Gasteiger partial charge in [-0.25, -0.2) is 14.8 Å². The first-order valence-electron chi connectivity index (χ1n) is 4.03. The van der Waals surface area contributed by atoms with Crippen molar-refractivity contribution < 1.29 is 9.90 Å². The first-order valence-corrected chi connectivity index (χ1v) is 4.03. The highest BCUT2D eigenvalue weighted by Gasteiger charge is 2.08. The zero-order chi connectivity index (χ0) is 10.8. The van der Waals surface area contributed by atoms with Crippen LogP contribution in [0.3, 0.4) is 0 Å². The van der Waals surface area contributed by atoms with Gasteiger partial charge >= 0.3 is 6.09 Å². The highest BCUT2D eigenvalue weighted by atomic mass is 16.4. The van der Waals surface area contributed by atoms with Gasteiger partial charge in [0.05, 0.1) is 11.8 Å². The maximum Gasteiger partial charge on any atom is 0.432 e. The van der Waals surface area contributed by atoms with Gasteiger partial charge in [-0.2, -0.15) is 9.78 Å². The molecule has 76 valence electrons. The van der Waals surface area contributed by atoms with Crippen LogP contribution in [-0.2, 0) is 0 Å². The van der Waals surface area contributed by atoms with Crippen molar-refractivity contribution in [3.05, 3.63) is 24.7 Å². The van der Waals surface area contributed by atoms with Crippen molar-refractivity contribution in [2.24, 2.45) is 0 Å². The number of hydrogen-bond donors (Lipinski definition) is 2. The Labute approximate surface area is 84.2 Å². The molecule has 0 aliphatic heterocycles. The molecule has 0 amide bonds. The Balaban J connectivity index is 2.41. The highest BCUT2D eigenvalue weighted by molar-refractivity contribution is 5.69. The Bertz CT molecular complexity index is 507. The summed E-state index contributed by atoms with van der Waals surface area (Å²) in [5.41, 5.74) is 5.97. The molecule has 2 aromatic rings. The van der Waals surface area contributed by atoms with E-state index in [0.29, 0.717) is 17.2 Å². The number of hydrogen-bond acceptors (Lipinski definition) is 5. The number of carbonyl (C=O) groups is 1. The molecule has 0 spiro atoms. The van der Waals surface area contributed by atoms with Crippen LogP contribution in [0.1, 0.15) is 0 Å². The number of carboxylic acid groups (broad SMARTS) is 1. The molecule has 0 saturated heterocycles. The molecule has 0 saturated carbocycles. The standard InChI is InChI=1S/C8H7N5O2/c9-6-1-2-10-7(12-6)5-3-11-13(4-5)8(14)15/h1-4H,(H,14,15)(H2,9,10,12). The lowest BCUT2D eigenvalue weighted by molar-refractivity contribution is 0.192. The molecule has 0 atom stereocenters. The number of nitrogen functional groups attached to an aromatic ring is 1. The topological polar surface area (TPSA) is 107 Å². The summed E-state index contributed by atoms with van der Waals surface area (Å²) in [7, 11) is 0. The summed E-state index contributed by atoms with van der Waals surface area (Å²) < 4.78 is 0.780. The van der Waals surface area contributed by atoms with Crippen molar-refractivity contribution in [3.63, 3.8) is 0 Å². The quantitative estimate of drug-likeness (QED) is 0.699. The average Bonchev–Trinajstić information content (AvgIpc) is 2.66. The summed E-state index contributed by atoms with van der Waals surface area (Å²) in [5, 5.41) is 12.3. The lowest BCUT2D eigenvalue weighted by Crippen LogP contribution is -2.07. The normalized spacial score (nSPS) is 10.1. The number of rotatable bonds is 1. The van der Waals surface area contributed by atoms with E-state index in [1.807, 2.05) is 0 Å². The maximum absolute atomic E-state index is 10.5. The van der Waals surface area contributed by atoms with E-state index in [1.54, 1.807) is 6.07 Å². The molecular formula is C8H7N5O2. The van der Waals surface area contributed by atoms with Crippen LogP contribution in [0.5, 0.6) is 0 Å². The fourth-order valence-corrected chi connectivity index (χ4v) is 1.05. The molecule has 2 aromatic heterocycles. The monoisotopic (exact) mass is 205 g/mol. The summed E-state index contributed by atoms with van der Waals surface area (Å²) in [6.45, 7) is 0. The average molecular weight is 205 g/mol. The molecule has 2 rings (SSSR count). The van der Waals surface area contributed by atoms with E-state index < -0.39 is 6.09 Å². The van der Waals surface area contributed by atoms with Crippen molar-refractivity contribution >= 4 is 11.9 Å². The largest absolute Gasteiger partial charge is 0.463 e. The van der Waals surface area contributed by atoms with Crippen molar-refractivity contribution in [2.45, 2.75) is 0 Å². The minimum absolute atomic E-state index is 0.322. The van der Waals surface area contributed by atoms with Crippen LogP contribution in [0.15, 0.2) is 24.7 Å². The number of nitrogens with zero attached hydrogens (tertiary/aromatic N) is 4. The molecule has 0 aromatic carbocycles. The van der Waals surface area contributed by atoms with Crippen molar-refractivity contribution in [1.82, 2.24) is 19.7 Å². The third kappa shape index (κ3) is 1.75. The Kier molecular flexibility index (Phi) is 2.05. The summed E-state index contributed by atoms with van der Waals surface area (Å²) in [6, 6.07) is 1.55.